The second-order valence-corrected chi connectivity index (χ2v) is 9.02. The summed E-state index contributed by atoms with van der Waals surface area (Å²) < 4.78 is 21.2. The molecule has 0 amide bonds. The monoisotopic (exact) mass is 498 g/mol. The molecule has 0 spiro atoms. The first-order chi connectivity index (χ1) is 16.4. The van der Waals surface area contributed by atoms with Gasteiger partial charge in [-0.2, -0.15) is 0 Å². The van der Waals surface area contributed by atoms with Crippen LogP contribution in [0, 0.1) is 22.9 Å². The van der Waals surface area contributed by atoms with Crippen molar-refractivity contribution < 1.29 is 14.1 Å². The second-order valence-electron chi connectivity index (χ2n) is 7.42. The number of nitrogens with zero attached hydrogens (tertiary/aromatic N) is 4. The predicted octanol–water partition coefficient (Wildman–Crippen LogP) is 6.06. The maximum absolute atomic E-state index is 13.4. The smallest absolute Gasteiger partial charge is 0.220 e. The number of aromatic nitrogens is 3. The molecule has 1 atom stereocenters. The molecule has 0 saturated carbocycles. The molecule has 0 saturated heterocycles. The third kappa shape index (κ3) is 5.73. The van der Waals surface area contributed by atoms with E-state index in [1.165, 1.54) is 23.9 Å². The lowest BCUT2D eigenvalue weighted by molar-refractivity contribution is -0.479. The van der Waals surface area contributed by atoms with Gasteiger partial charge in [0, 0.05) is 21.2 Å². The van der Waals surface area contributed by atoms with Crippen LogP contribution in [-0.2, 0) is 6.61 Å². The molecule has 1 heterocycles. The van der Waals surface area contributed by atoms with Crippen LogP contribution in [0.15, 0.2) is 78.0 Å². The van der Waals surface area contributed by atoms with Gasteiger partial charge in [-0.3, -0.25) is 14.7 Å². The van der Waals surface area contributed by atoms with Crippen LogP contribution in [0.25, 0.3) is 5.69 Å². The first-order valence-corrected chi connectivity index (χ1v) is 11.6. The van der Waals surface area contributed by atoms with E-state index in [-0.39, 0.29) is 23.9 Å². The number of thioether (sulfide) groups is 1. The van der Waals surface area contributed by atoms with Crippen molar-refractivity contribution in [3.63, 3.8) is 0 Å². The van der Waals surface area contributed by atoms with Crippen LogP contribution < -0.4 is 4.74 Å². The van der Waals surface area contributed by atoms with Crippen molar-refractivity contribution >= 4 is 23.4 Å². The number of hydrogen-bond donors (Lipinski definition) is 0. The summed E-state index contributed by atoms with van der Waals surface area (Å²) in [5.41, 5.74) is 2.26. The number of aryl methyl sites for hydroxylation is 1. The number of benzene rings is 3. The summed E-state index contributed by atoms with van der Waals surface area (Å²) in [7, 11) is 0. The zero-order valence-electron chi connectivity index (χ0n) is 18.1. The summed E-state index contributed by atoms with van der Waals surface area (Å²) in [5, 5.41) is 20.4. The van der Waals surface area contributed by atoms with Gasteiger partial charge >= 0.3 is 0 Å². The quantitative estimate of drug-likeness (QED) is 0.158. The van der Waals surface area contributed by atoms with Crippen molar-refractivity contribution in [2.24, 2.45) is 0 Å². The standard InChI is InChI=1S/C24H20ClFN4O3S/c1-16-27-28-24(30(16)20-12-10-19(26)11-13-20)34-23(14-29(31)32)21-4-2-3-5-22(21)33-15-17-6-8-18(25)9-7-17/h2-13,23H,14-15H2,1H3/t23-/m1/s1. The van der Waals surface area contributed by atoms with Crippen molar-refractivity contribution in [3.8, 4) is 11.4 Å². The van der Waals surface area contributed by atoms with E-state index in [1.807, 2.05) is 30.3 Å². The maximum atomic E-state index is 13.4. The van der Waals surface area contributed by atoms with Gasteiger partial charge in [-0.25, -0.2) is 4.39 Å². The molecule has 174 valence electrons. The van der Waals surface area contributed by atoms with Gasteiger partial charge in [0.15, 0.2) is 5.16 Å². The molecule has 0 aliphatic carbocycles. The highest BCUT2D eigenvalue weighted by molar-refractivity contribution is 7.99. The summed E-state index contributed by atoms with van der Waals surface area (Å²) in [6.07, 6.45) is 0. The molecule has 34 heavy (non-hydrogen) atoms. The Morgan fingerprint density at radius 2 is 1.79 bits per heavy atom. The van der Waals surface area contributed by atoms with Gasteiger partial charge in [0.2, 0.25) is 6.54 Å². The van der Waals surface area contributed by atoms with Crippen molar-refractivity contribution in [2.75, 3.05) is 6.54 Å². The fourth-order valence-electron chi connectivity index (χ4n) is 3.39. The highest BCUT2D eigenvalue weighted by Gasteiger charge is 2.26. The molecule has 0 radical (unpaired) electrons. The van der Waals surface area contributed by atoms with Crippen LogP contribution in [0.4, 0.5) is 4.39 Å². The molecule has 7 nitrogen and oxygen atoms in total. The lowest BCUT2D eigenvalue weighted by atomic mass is 10.1. The highest BCUT2D eigenvalue weighted by Crippen LogP contribution is 2.40. The lowest BCUT2D eigenvalue weighted by Gasteiger charge is -2.18. The summed E-state index contributed by atoms with van der Waals surface area (Å²) >= 11 is 7.16. The third-order valence-corrected chi connectivity index (χ3v) is 6.43. The first-order valence-electron chi connectivity index (χ1n) is 10.3. The Morgan fingerprint density at radius 1 is 1.09 bits per heavy atom. The van der Waals surface area contributed by atoms with E-state index in [0.29, 0.717) is 33.0 Å². The van der Waals surface area contributed by atoms with Crippen LogP contribution in [0.2, 0.25) is 5.02 Å². The molecule has 1 aromatic heterocycles. The zero-order valence-corrected chi connectivity index (χ0v) is 19.7. The minimum Gasteiger partial charge on any atom is -0.489 e. The molecule has 10 heteroatoms. The molecule has 0 aliphatic heterocycles. The number of nitro groups is 1. The fraction of sp³-hybridized carbons (Fsp3) is 0.167. The number of hydrogen-bond acceptors (Lipinski definition) is 6. The Bertz CT molecular complexity index is 1280. The van der Waals surface area contributed by atoms with Crippen molar-refractivity contribution in [2.45, 2.75) is 23.9 Å². The van der Waals surface area contributed by atoms with E-state index in [2.05, 4.69) is 10.2 Å². The van der Waals surface area contributed by atoms with Gasteiger partial charge in [0.05, 0.1) is 0 Å². The average molecular weight is 499 g/mol. The molecule has 0 fully saturated rings. The van der Waals surface area contributed by atoms with Crippen LogP contribution in [0.1, 0.15) is 22.2 Å². The normalized spacial score (nSPS) is 11.9. The summed E-state index contributed by atoms with van der Waals surface area (Å²) in [6, 6.07) is 20.4. The molecule has 3 aromatic carbocycles. The lowest BCUT2D eigenvalue weighted by Crippen LogP contribution is -2.12. The van der Waals surface area contributed by atoms with Gasteiger partial charge in [0.25, 0.3) is 0 Å². The Hall–Kier alpha value is -3.43. The van der Waals surface area contributed by atoms with Crippen LogP contribution in [0.3, 0.4) is 0 Å². The average Bonchev–Trinajstić information content (AvgIpc) is 3.18. The van der Waals surface area contributed by atoms with Gasteiger partial charge < -0.3 is 4.74 Å². The van der Waals surface area contributed by atoms with Crippen molar-refractivity contribution in [1.29, 1.82) is 0 Å². The summed E-state index contributed by atoms with van der Waals surface area (Å²) in [5.74, 6) is 0.768. The largest absolute Gasteiger partial charge is 0.489 e. The second kappa shape index (κ2) is 10.7. The Balaban J connectivity index is 1.63. The minimum absolute atomic E-state index is 0.287. The number of rotatable bonds is 9. The van der Waals surface area contributed by atoms with Crippen LogP contribution in [-0.4, -0.2) is 26.2 Å². The van der Waals surface area contributed by atoms with Gasteiger partial charge in [-0.1, -0.05) is 53.7 Å². The molecule has 0 aliphatic rings. The third-order valence-electron chi connectivity index (χ3n) is 5.02. The molecule has 0 bridgehead atoms. The number of halogens is 2. The summed E-state index contributed by atoms with van der Waals surface area (Å²) in [4.78, 5) is 11.2. The van der Waals surface area contributed by atoms with Crippen molar-refractivity contribution in [1.82, 2.24) is 14.8 Å². The topological polar surface area (TPSA) is 83.1 Å². The van der Waals surface area contributed by atoms with Gasteiger partial charge in [0.1, 0.15) is 29.2 Å². The first kappa shape index (κ1) is 23.7. The van der Waals surface area contributed by atoms with E-state index in [4.69, 9.17) is 16.3 Å². The predicted molar refractivity (Wildman–Crippen MR) is 129 cm³/mol. The van der Waals surface area contributed by atoms with Crippen LogP contribution >= 0.6 is 23.4 Å². The van der Waals surface area contributed by atoms with Gasteiger partial charge in [-0.05, 0) is 55.0 Å². The zero-order chi connectivity index (χ0) is 24.1. The SMILES string of the molecule is Cc1nnc(S[C@H](C[N+](=O)[O-])c2ccccc2OCc2ccc(Cl)cc2)n1-c1ccc(F)cc1. The molecule has 4 aromatic rings. The van der Waals surface area contributed by atoms with Crippen LogP contribution in [0.5, 0.6) is 5.75 Å². The Kier molecular flexibility index (Phi) is 7.44. The number of para-hydroxylation sites is 1. The fourth-order valence-corrected chi connectivity index (χ4v) is 4.72. The maximum Gasteiger partial charge on any atom is 0.220 e. The van der Waals surface area contributed by atoms with E-state index in [1.54, 1.807) is 41.8 Å². The van der Waals surface area contributed by atoms with E-state index >= 15 is 0 Å². The summed E-state index contributed by atoms with van der Waals surface area (Å²) in [6.45, 7) is 1.71. The molecule has 4 rings (SSSR count). The molecule has 0 N–H and O–H groups in total. The highest BCUT2D eigenvalue weighted by atomic mass is 35.5. The molecular formula is C24H20ClFN4O3S. The molecular weight excluding hydrogens is 479 g/mol. The molecule has 0 unspecified atom stereocenters. The van der Waals surface area contributed by atoms with Crippen molar-refractivity contribution in [3.05, 3.63) is 111 Å². The van der Waals surface area contributed by atoms with E-state index in [9.17, 15) is 14.5 Å². The minimum atomic E-state index is -0.598. The number of ether oxygens (including phenoxy) is 1. The Labute approximate surface area is 204 Å². The van der Waals surface area contributed by atoms with Gasteiger partial charge in [-0.15, -0.1) is 10.2 Å². The Morgan fingerprint density at radius 3 is 2.50 bits per heavy atom. The van der Waals surface area contributed by atoms with E-state index < -0.39 is 5.25 Å². The van der Waals surface area contributed by atoms with E-state index in [0.717, 1.165) is 5.56 Å².